The molecule has 1 N–H and O–H groups in total. The van der Waals surface area contributed by atoms with Gasteiger partial charge in [-0.05, 0) is 24.8 Å². The lowest BCUT2D eigenvalue weighted by molar-refractivity contribution is -0.136. The van der Waals surface area contributed by atoms with Crippen molar-refractivity contribution in [2.75, 3.05) is 0 Å². The van der Waals surface area contributed by atoms with Crippen molar-refractivity contribution in [1.82, 2.24) is 24.3 Å². The van der Waals surface area contributed by atoms with Gasteiger partial charge in [0.05, 0.1) is 36.8 Å². The number of nitrogens with zero attached hydrogens (tertiary/aromatic N) is 6. The molecule has 1 atom stereocenters. The summed E-state index contributed by atoms with van der Waals surface area (Å²) in [4.78, 5) is 31.8. The van der Waals surface area contributed by atoms with E-state index in [4.69, 9.17) is 5.11 Å². The Hall–Kier alpha value is -3.54. The summed E-state index contributed by atoms with van der Waals surface area (Å²) in [5, 5.41) is 23.3. The fourth-order valence-electron chi connectivity index (χ4n) is 4.27. The number of carboxylic acid groups (broad SMARTS) is 1. The van der Waals surface area contributed by atoms with E-state index in [1.807, 2.05) is 10.9 Å². The Labute approximate surface area is 173 Å². The third-order valence-electron chi connectivity index (χ3n) is 5.76. The van der Waals surface area contributed by atoms with Crippen LogP contribution in [0.4, 0.5) is 0 Å². The minimum absolute atomic E-state index is 0.0470. The van der Waals surface area contributed by atoms with Crippen LogP contribution in [0.25, 0.3) is 22.3 Å². The molecule has 4 rings (SSSR count). The summed E-state index contributed by atoms with van der Waals surface area (Å²) >= 11 is 0. The molecule has 0 aromatic carbocycles. The lowest BCUT2D eigenvalue weighted by Crippen LogP contribution is -2.17. The van der Waals surface area contributed by atoms with Gasteiger partial charge in [-0.15, -0.1) is 0 Å². The fraction of sp³-hybridized carbons (Fsp3) is 0.429. The highest BCUT2D eigenvalue weighted by atomic mass is 16.4. The number of carbonyl (C=O) groups is 2. The second kappa shape index (κ2) is 8.45. The molecule has 3 aromatic heterocycles. The molecule has 154 valence electrons. The number of carboxylic acids is 1. The Morgan fingerprint density at radius 1 is 1.27 bits per heavy atom. The van der Waals surface area contributed by atoms with Gasteiger partial charge in [-0.2, -0.15) is 10.4 Å². The molecule has 1 saturated carbocycles. The third-order valence-corrected chi connectivity index (χ3v) is 5.76. The average molecular weight is 406 g/mol. The molecule has 1 unspecified atom stereocenters. The van der Waals surface area contributed by atoms with Crippen LogP contribution in [0.3, 0.4) is 0 Å². The summed E-state index contributed by atoms with van der Waals surface area (Å²) < 4.78 is 3.24. The lowest BCUT2D eigenvalue weighted by Gasteiger charge is -2.21. The van der Waals surface area contributed by atoms with Gasteiger partial charge in [-0.1, -0.05) is 12.8 Å². The van der Waals surface area contributed by atoms with E-state index in [0.717, 1.165) is 18.4 Å². The van der Waals surface area contributed by atoms with Crippen molar-refractivity contribution < 1.29 is 14.7 Å². The Kier molecular flexibility index (Phi) is 5.57. The summed E-state index contributed by atoms with van der Waals surface area (Å²) in [5.74, 6) is -0.893. The molecule has 9 nitrogen and oxygen atoms in total. The highest BCUT2D eigenvalue weighted by Crippen LogP contribution is 2.36. The molecule has 3 aromatic rings. The molecule has 0 radical (unpaired) electrons. The maximum Gasteiger partial charge on any atom is 0.303 e. The smallest absolute Gasteiger partial charge is 0.303 e. The van der Waals surface area contributed by atoms with Crippen LogP contribution >= 0.6 is 0 Å². The number of carbonyl (C=O) groups excluding carboxylic acids is 1. The molecule has 3 heterocycles. The number of hydrogen-bond donors (Lipinski definition) is 1. The molecule has 30 heavy (non-hydrogen) atoms. The van der Waals surface area contributed by atoms with Crippen LogP contribution in [0.15, 0.2) is 31.0 Å². The van der Waals surface area contributed by atoms with Crippen molar-refractivity contribution >= 4 is 22.9 Å². The van der Waals surface area contributed by atoms with Crippen molar-refractivity contribution in [3.8, 4) is 17.3 Å². The number of aliphatic carboxylic acids is 1. The number of rotatable bonds is 7. The van der Waals surface area contributed by atoms with Crippen molar-refractivity contribution in [2.24, 2.45) is 5.92 Å². The maximum atomic E-state index is 12.4. The number of nitriles is 1. The molecule has 0 amide bonds. The van der Waals surface area contributed by atoms with E-state index >= 15 is 0 Å². The summed E-state index contributed by atoms with van der Waals surface area (Å²) in [6.07, 6.45) is 11.3. The van der Waals surface area contributed by atoms with Crippen LogP contribution in [0, 0.1) is 17.2 Å². The van der Waals surface area contributed by atoms with Gasteiger partial charge in [-0.3, -0.25) is 18.8 Å². The maximum absolute atomic E-state index is 12.4. The zero-order chi connectivity index (χ0) is 21.1. The van der Waals surface area contributed by atoms with Crippen LogP contribution < -0.4 is 0 Å². The minimum atomic E-state index is -1.02. The van der Waals surface area contributed by atoms with Crippen molar-refractivity contribution in [1.29, 1.82) is 5.26 Å². The zero-order valence-corrected chi connectivity index (χ0v) is 16.4. The highest BCUT2D eigenvalue weighted by molar-refractivity contribution is 5.97. The van der Waals surface area contributed by atoms with Crippen LogP contribution in [0.5, 0.6) is 0 Å². The predicted octanol–water partition coefficient (Wildman–Crippen LogP) is 3.44. The second-order valence-electron chi connectivity index (χ2n) is 7.62. The first kappa shape index (κ1) is 19.8. The molecule has 9 heteroatoms. The SMILES string of the molecule is N#CCC(C1CCCC1)n1cc(-c2ncnc3c2ccn3C(=O)CCC(=O)O)cn1. The number of aromatic nitrogens is 5. The summed E-state index contributed by atoms with van der Waals surface area (Å²) in [7, 11) is 0. The average Bonchev–Trinajstić information content (AvgIpc) is 3.50. The van der Waals surface area contributed by atoms with Crippen molar-refractivity contribution in [3.63, 3.8) is 0 Å². The van der Waals surface area contributed by atoms with Crippen LogP contribution in [-0.2, 0) is 4.79 Å². The van der Waals surface area contributed by atoms with Gasteiger partial charge in [-0.25, -0.2) is 9.97 Å². The third kappa shape index (κ3) is 3.81. The lowest BCUT2D eigenvalue weighted by atomic mass is 9.96. The van der Waals surface area contributed by atoms with E-state index in [0.29, 0.717) is 29.1 Å². The highest BCUT2D eigenvalue weighted by Gasteiger charge is 2.27. The van der Waals surface area contributed by atoms with Gasteiger partial charge in [0, 0.05) is 29.8 Å². The summed E-state index contributed by atoms with van der Waals surface area (Å²) in [6, 6.07) is 4.09. The van der Waals surface area contributed by atoms with Gasteiger partial charge in [0.1, 0.15) is 6.33 Å². The summed E-state index contributed by atoms with van der Waals surface area (Å²) in [6.45, 7) is 0. The molecule has 0 bridgehead atoms. The van der Waals surface area contributed by atoms with Crippen LogP contribution in [0.2, 0.25) is 0 Å². The minimum Gasteiger partial charge on any atom is -0.481 e. The van der Waals surface area contributed by atoms with E-state index in [9.17, 15) is 14.9 Å². The molecular formula is C21H22N6O3. The molecule has 1 fully saturated rings. The summed E-state index contributed by atoms with van der Waals surface area (Å²) in [5.41, 5.74) is 1.88. The Balaban J connectivity index is 1.65. The Morgan fingerprint density at radius 2 is 2.07 bits per heavy atom. The van der Waals surface area contributed by atoms with E-state index < -0.39 is 5.97 Å². The van der Waals surface area contributed by atoms with Crippen molar-refractivity contribution in [3.05, 3.63) is 31.0 Å². The molecule has 1 aliphatic rings. The molecule has 0 aliphatic heterocycles. The fourth-order valence-corrected chi connectivity index (χ4v) is 4.27. The van der Waals surface area contributed by atoms with E-state index in [2.05, 4.69) is 21.1 Å². The second-order valence-corrected chi connectivity index (χ2v) is 7.62. The number of hydrogen-bond acceptors (Lipinski definition) is 6. The molecule has 0 spiro atoms. The standard InChI is InChI=1S/C21H22N6O3/c22-9-7-17(14-3-1-2-4-14)27-12-15(11-25-27)20-16-8-10-26(21(16)24-13-23-20)18(28)5-6-19(29)30/h8,10-14,17H,1-7H2,(H,29,30). The number of fused-ring (bicyclic) bond motifs is 1. The van der Waals surface area contributed by atoms with Gasteiger partial charge < -0.3 is 5.11 Å². The van der Waals surface area contributed by atoms with Gasteiger partial charge in [0.15, 0.2) is 5.65 Å². The van der Waals surface area contributed by atoms with Crippen molar-refractivity contribution in [2.45, 2.75) is 51.0 Å². The molecular weight excluding hydrogens is 384 g/mol. The first-order valence-corrected chi connectivity index (χ1v) is 10.1. The normalized spacial score (nSPS) is 15.3. The largest absolute Gasteiger partial charge is 0.481 e. The van der Waals surface area contributed by atoms with Gasteiger partial charge >= 0.3 is 5.97 Å². The first-order valence-electron chi connectivity index (χ1n) is 10.1. The van der Waals surface area contributed by atoms with E-state index in [1.165, 1.54) is 23.7 Å². The van der Waals surface area contributed by atoms with Gasteiger partial charge in [0.25, 0.3) is 0 Å². The molecule has 0 saturated heterocycles. The quantitative estimate of drug-likeness (QED) is 0.636. The topological polar surface area (TPSA) is 127 Å². The zero-order valence-electron chi connectivity index (χ0n) is 16.4. The first-order chi connectivity index (χ1) is 14.6. The van der Waals surface area contributed by atoms with E-state index in [1.54, 1.807) is 18.5 Å². The van der Waals surface area contributed by atoms with Crippen LogP contribution in [0.1, 0.15) is 55.8 Å². The molecule has 1 aliphatic carbocycles. The van der Waals surface area contributed by atoms with Gasteiger partial charge in [0.2, 0.25) is 5.91 Å². The Bertz CT molecular complexity index is 1120. The Morgan fingerprint density at radius 3 is 2.80 bits per heavy atom. The predicted molar refractivity (Wildman–Crippen MR) is 107 cm³/mol. The monoisotopic (exact) mass is 406 g/mol. The van der Waals surface area contributed by atoms with Crippen LogP contribution in [-0.4, -0.2) is 41.3 Å². The van der Waals surface area contributed by atoms with E-state index in [-0.39, 0.29) is 24.8 Å².